The highest BCUT2D eigenvalue weighted by Gasteiger charge is 2.43. The van der Waals surface area contributed by atoms with Gasteiger partial charge in [-0.15, -0.1) is 11.8 Å². The molecule has 2 saturated heterocycles. The Bertz CT molecular complexity index is 1770. The number of amides is 7. The van der Waals surface area contributed by atoms with E-state index in [-0.39, 0.29) is 84.4 Å². The first-order chi connectivity index (χ1) is 31.8. The number of benzene rings is 1. The molecular formula is C50H82N6O10S. The van der Waals surface area contributed by atoms with Crippen molar-refractivity contribution in [2.24, 2.45) is 17.8 Å². The van der Waals surface area contributed by atoms with Crippen LogP contribution in [0.25, 0.3) is 0 Å². The number of ether oxygens (including phenoxy) is 2. The lowest BCUT2D eigenvalue weighted by Crippen LogP contribution is -2.56. The second-order valence-corrected chi connectivity index (χ2v) is 20.1. The van der Waals surface area contributed by atoms with E-state index in [1.54, 1.807) is 61.6 Å². The number of aliphatic hydroxyl groups excluding tert-OH is 1. The molecule has 0 radical (unpaired) electrons. The number of nitrogens with one attached hydrogen (secondary N) is 2. The molecule has 1 aromatic carbocycles. The second kappa shape index (κ2) is 28.4. The lowest BCUT2D eigenvalue weighted by Gasteiger charge is -2.39. The number of unbranched alkanes of at least 4 members (excludes halogenated alkanes) is 3. The van der Waals surface area contributed by atoms with E-state index in [2.05, 4.69) is 17.6 Å². The van der Waals surface area contributed by atoms with Crippen LogP contribution < -0.4 is 10.6 Å². The maximum absolute atomic E-state index is 14.2. The van der Waals surface area contributed by atoms with Crippen molar-refractivity contribution >= 4 is 53.1 Å². The Morgan fingerprint density at radius 2 is 1.58 bits per heavy atom. The van der Waals surface area contributed by atoms with Crippen LogP contribution in [0.1, 0.15) is 131 Å². The third-order valence-corrected chi connectivity index (χ3v) is 15.0. The van der Waals surface area contributed by atoms with Crippen LogP contribution in [0.5, 0.6) is 0 Å². The van der Waals surface area contributed by atoms with Crippen molar-refractivity contribution in [3.05, 3.63) is 35.9 Å². The van der Waals surface area contributed by atoms with Gasteiger partial charge in [0.25, 0.3) is 0 Å². The summed E-state index contributed by atoms with van der Waals surface area (Å²) in [5, 5.41) is 16.3. The number of likely N-dealkylation sites (tertiary alicyclic amines) is 2. The molecule has 2 fully saturated rings. The molecule has 16 nitrogen and oxygen atoms in total. The summed E-state index contributed by atoms with van der Waals surface area (Å²) in [4.78, 5) is 99.9. The minimum Gasteiger partial charge on any atom is -0.386 e. The second-order valence-electron chi connectivity index (χ2n) is 18.8. The van der Waals surface area contributed by atoms with Crippen molar-refractivity contribution < 1.29 is 48.1 Å². The fourth-order valence-electron chi connectivity index (χ4n) is 9.46. The predicted octanol–water partition coefficient (Wildman–Crippen LogP) is 4.97. The van der Waals surface area contributed by atoms with Gasteiger partial charge in [-0.3, -0.25) is 38.5 Å². The van der Waals surface area contributed by atoms with Crippen LogP contribution >= 0.6 is 11.8 Å². The number of rotatable bonds is 29. The maximum atomic E-state index is 14.2. The lowest BCUT2D eigenvalue weighted by atomic mass is 9.90. The Kier molecular flexibility index (Phi) is 24.3. The van der Waals surface area contributed by atoms with E-state index in [0.29, 0.717) is 50.8 Å². The summed E-state index contributed by atoms with van der Waals surface area (Å²) < 4.78 is 11.9. The number of aliphatic hydroxyl groups is 1. The number of imide groups is 1. The molecule has 7 amide bonds. The van der Waals surface area contributed by atoms with Gasteiger partial charge < -0.3 is 39.9 Å². The van der Waals surface area contributed by atoms with Crippen LogP contribution in [0.3, 0.4) is 0 Å². The Balaban J connectivity index is 1.57. The van der Waals surface area contributed by atoms with Crippen molar-refractivity contribution in [3.8, 4) is 0 Å². The van der Waals surface area contributed by atoms with Crippen molar-refractivity contribution in [1.29, 1.82) is 0 Å². The first-order valence-corrected chi connectivity index (χ1v) is 25.5. The largest absolute Gasteiger partial charge is 0.386 e. The summed E-state index contributed by atoms with van der Waals surface area (Å²) in [6.45, 7) is 13.8. The van der Waals surface area contributed by atoms with Crippen molar-refractivity contribution in [3.63, 3.8) is 0 Å². The fraction of sp³-hybridized carbons (Fsp3) is 0.740. The third-order valence-electron chi connectivity index (χ3n) is 13.7. The van der Waals surface area contributed by atoms with Crippen LogP contribution in [0, 0.1) is 17.8 Å². The summed E-state index contributed by atoms with van der Waals surface area (Å²) >= 11 is 1.55. The molecule has 3 rings (SSSR count). The summed E-state index contributed by atoms with van der Waals surface area (Å²) in [6, 6.07) is 6.82. The topological polar surface area (TPSA) is 195 Å². The Morgan fingerprint density at radius 3 is 2.19 bits per heavy atom. The van der Waals surface area contributed by atoms with E-state index < -0.39 is 48.3 Å². The smallest absolute Gasteiger partial charge is 0.243 e. The average molecular weight is 959 g/mol. The van der Waals surface area contributed by atoms with Gasteiger partial charge in [-0.1, -0.05) is 91.1 Å². The molecule has 3 N–H and O–H groups in total. The number of carbonyl (C=O) groups is 7. The van der Waals surface area contributed by atoms with Gasteiger partial charge in [-0.2, -0.15) is 0 Å². The quantitative estimate of drug-likeness (QED) is 0.0726. The van der Waals surface area contributed by atoms with Gasteiger partial charge in [0.15, 0.2) is 0 Å². The van der Waals surface area contributed by atoms with E-state index in [4.69, 9.17) is 9.47 Å². The monoisotopic (exact) mass is 959 g/mol. The fourth-order valence-corrected chi connectivity index (χ4v) is 10.7. The van der Waals surface area contributed by atoms with E-state index in [9.17, 15) is 38.7 Å². The number of methoxy groups -OCH3 is 2. The molecule has 2 heterocycles. The number of hydrogen-bond donors (Lipinski definition) is 3. The number of nitrogens with zero attached hydrogens (tertiary/aromatic N) is 4. The Morgan fingerprint density at radius 1 is 0.896 bits per heavy atom. The Hall–Kier alpha value is -4.06. The highest BCUT2D eigenvalue weighted by atomic mass is 32.2. The highest BCUT2D eigenvalue weighted by Crippen LogP contribution is 2.30. The number of likely N-dealkylation sites (N-methyl/N-ethyl adjacent to an activating group) is 2. The van der Waals surface area contributed by atoms with Crippen LogP contribution in [-0.4, -0.2) is 161 Å². The molecule has 1 aromatic rings. The van der Waals surface area contributed by atoms with Crippen molar-refractivity contribution in [2.45, 2.75) is 167 Å². The van der Waals surface area contributed by atoms with E-state index in [0.717, 1.165) is 25.0 Å². The molecule has 10 atom stereocenters. The molecular weight excluding hydrogens is 877 g/mol. The standard InChI is InChI=1S/C50H82N6O10S/c1-12-14-28-67-39-30-42(59)56(50(39)64)26-20-16-19-25-40(57)53(8)44(32(3)4)49(63)51-31-43(60)54(9)45(33(5)13-2)38(65-10)29-41(58)55-27-21-24-37(55)47(66-11)34(6)48(62)52-35(7)46(61)36-22-17-15-18-23-36/h15,17-18,22-23,32-35,37-39,44-47,61H,12-14,16,19-21,24-31H2,1-11H3,(H,51,63)(H,52,62)/t33-,34+,35+,37-,38+,39?,44?,45-,46+,47+/m0/s1. The average Bonchev–Trinajstić information content (AvgIpc) is 3.90. The maximum Gasteiger partial charge on any atom is 0.243 e. The number of hydrogen-bond acceptors (Lipinski definition) is 11. The zero-order chi connectivity index (χ0) is 50.0. The molecule has 2 unspecified atom stereocenters. The van der Waals surface area contributed by atoms with Gasteiger partial charge >= 0.3 is 0 Å². The van der Waals surface area contributed by atoms with Crippen LogP contribution in [0.2, 0.25) is 0 Å². The van der Waals surface area contributed by atoms with Gasteiger partial charge in [-0.05, 0) is 62.2 Å². The molecule has 2 aliphatic rings. The molecule has 2 aliphatic heterocycles. The van der Waals surface area contributed by atoms with Crippen LogP contribution in [-0.2, 0) is 43.0 Å². The highest BCUT2D eigenvalue weighted by molar-refractivity contribution is 8.00. The van der Waals surface area contributed by atoms with Gasteiger partial charge in [-0.25, -0.2) is 0 Å². The van der Waals surface area contributed by atoms with E-state index in [1.165, 1.54) is 24.0 Å². The lowest BCUT2D eigenvalue weighted by molar-refractivity contribution is -0.146. The summed E-state index contributed by atoms with van der Waals surface area (Å²) in [5.41, 5.74) is 0.690. The van der Waals surface area contributed by atoms with Gasteiger partial charge in [0.2, 0.25) is 41.4 Å². The van der Waals surface area contributed by atoms with E-state index >= 15 is 0 Å². The molecule has 0 bridgehead atoms. The first-order valence-electron chi connectivity index (χ1n) is 24.5. The molecule has 0 saturated carbocycles. The summed E-state index contributed by atoms with van der Waals surface area (Å²) in [7, 11) is 6.29. The normalized spacial score (nSPS) is 19.9. The molecule has 0 aromatic heterocycles. The van der Waals surface area contributed by atoms with Crippen LogP contribution in [0.15, 0.2) is 30.3 Å². The molecule has 67 heavy (non-hydrogen) atoms. The molecule has 0 spiro atoms. The van der Waals surface area contributed by atoms with Gasteiger partial charge in [0.05, 0.1) is 60.6 Å². The number of thioether (sulfide) groups is 1. The van der Waals surface area contributed by atoms with Gasteiger partial charge in [0, 0.05) is 54.2 Å². The summed E-state index contributed by atoms with van der Waals surface area (Å²) in [5.74, 6) is -1.92. The van der Waals surface area contributed by atoms with Crippen molar-refractivity contribution in [1.82, 2.24) is 30.2 Å². The Labute approximate surface area is 404 Å². The minimum atomic E-state index is -0.904. The zero-order valence-corrected chi connectivity index (χ0v) is 43.0. The molecule has 0 aliphatic carbocycles. The van der Waals surface area contributed by atoms with E-state index in [1.807, 2.05) is 45.9 Å². The SMILES string of the molecule is CCCCSC1CC(=O)N(CCCCCC(=O)N(C)C(C(=O)NCC(=O)N(C)[C@@H]([C@@H](C)CC)[C@@H](CC(=O)N2CCC[C@H]2[C@H](OC)[C@@H](C)C(=O)N[C@H](C)[C@@H](O)c2ccccc2)OC)C(C)C)C1=O. The van der Waals surface area contributed by atoms with Gasteiger partial charge in [0.1, 0.15) is 6.04 Å². The predicted molar refractivity (Wildman–Crippen MR) is 260 cm³/mol. The van der Waals surface area contributed by atoms with Crippen LogP contribution in [0.4, 0.5) is 0 Å². The number of carbonyl (C=O) groups excluding carboxylic acids is 7. The molecule has 17 heteroatoms. The zero-order valence-electron chi connectivity index (χ0n) is 42.2. The molecule has 378 valence electrons. The minimum absolute atomic E-state index is 0.0289. The van der Waals surface area contributed by atoms with Crippen molar-refractivity contribution in [2.75, 3.05) is 53.7 Å². The summed E-state index contributed by atoms with van der Waals surface area (Å²) in [6.07, 6.45) is 4.05. The first kappa shape index (κ1) is 57.3. The third kappa shape index (κ3) is 16.0.